The van der Waals surface area contributed by atoms with Gasteiger partial charge in [-0.15, -0.1) is 0 Å². The summed E-state index contributed by atoms with van der Waals surface area (Å²) < 4.78 is 5.30. The first kappa shape index (κ1) is 15.3. The maximum absolute atomic E-state index is 12.2. The van der Waals surface area contributed by atoms with E-state index in [2.05, 4.69) is 12.2 Å². The summed E-state index contributed by atoms with van der Waals surface area (Å²) in [6.07, 6.45) is 4.29. The minimum absolute atomic E-state index is 0.0766. The van der Waals surface area contributed by atoms with Gasteiger partial charge < -0.3 is 15.2 Å². The van der Waals surface area contributed by atoms with Crippen molar-refractivity contribution in [2.24, 2.45) is 23.7 Å². The van der Waals surface area contributed by atoms with E-state index < -0.39 is 11.9 Å². The second kappa shape index (κ2) is 7.07. The van der Waals surface area contributed by atoms with Crippen LogP contribution in [0.4, 0.5) is 0 Å². The first-order valence-electron chi connectivity index (χ1n) is 7.70. The number of carboxylic acids is 1. The molecule has 0 bridgehead atoms. The molecule has 1 aliphatic heterocycles. The van der Waals surface area contributed by atoms with Crippen molar-refractivity contribution in [2.75, 3.05) is 19.8 Å². The van der Waals surface area contributed by atoms with Crippen molar-refractivity contribution in [1.82, 2.24) is 5.32 Å². The molecule has 4 unspecified atom stereocenters. The molecule has 1 heterocycles. The third-order valence-corrected chi connectivity index (χ3v) is 4.77. The van der Waals surface area contributed by atoms with Gasteiger partial charge in [0.05, 0.1) is 11.8 Å². The summed E-state index contributed by atoms with van der Waals surface area (Å²) in [5.74, 6) is -0.850. The number of aliphatic carboxylic acids is 1. The number of ether oxygens (including phenoxy) is 1. The van der Waals surface area contributed by atoms with Crippen molar-refractivity contribution in [3.05, 3.63) is 0 Å². The highest BCUT2D eigenvalue weighted by Gasteiger charge is 2.41. The van der Waals surface area contributed by atoms with Crippen LogP contribution in [-0.2, 0) is 14.3 Å². The SMILES string of the molecule is CCC1CC(C(=O)O)C(C(=O)NCCC2CCOC2)C1. The van der Waals surface area contributed by atoms with Crippen molar-refractivity contribution in [3.8, 4) is 0 Å². The van der Waals surface area contributed by atoms with Crippen LogP contribution in [0.25, 0.3) is 0 Å². The molecule has 0 aromatic heterocycles. The molecular formula is C15H25NO4. The minimum Gasteiger partial charge on any atom is -0.481 e. The molecular weight excluding hydrogens is 258 g/mol. The summed E-state index contributed by atoms with van der Waals surface area (Å²) >= 11 is 0. The van der Waals surface area contributed by atoms with Gasteiger partial charge in [-0.3, -0.25) is 9.59 Å². The van der Waals surface area contributed by atoms with Gasteiger partial charge in [0.1, 0.15) is 0 Å². The average Bonchev–Trinajstić information content (AvgIpc) is 3.07. The van der Waals surface area contributed by atoms with Crippen molar-refractivity contribution in [2.45, 2.75) is 39.0 Å². The van der Waals surface area contributed by atoms with Crippen LogP contribution in [0, 0.1) is 23.7 Å². The Morgan fingerprint density at radius 1 is 1.25 bits per heavy atom. The smallest absolute Gasteiger partial charge is 0.307 e. The molecule has 2 aliphatic rings. The Morgan fingerprint density at radius 3 is 2.60 bits per heavy atom. The van der Waals surface area contributed by atoms with E-state index in [9.17, 15) is 14.7 Å². The second-order valence-corrected chi connectivity index (χ2v) is 6.11. The zero-order chi connectivity index (χ0) is 14.5. The van der Waals surface area contributed by atoms with Crippen molar-refractivity contribution in [1.29, 1.82) is 0 Å². The average molecular weight is 283 g/mol. The highest BCUT2D eigenvalue weighted by Crippen LogP contribution is 2.38. The molecule has 0 aromatic carbocycles. The summed E-state index contributed by atoms with van der Waals surface area (Å²) in [7, 11) is 0. The number of nitrogens with one attached hydrogen (secondary N) is 1. The van der Waals surface area contributed by atoms with E-state index in [1.807, 2.05) is 0 Å². The van der Waals surface area contributed by atoms with Gasteiger partial charge in [-0.1, -0.05) is 13.3 Å². The fourth-order valence-corrected chi connectivity index (χ4v) is 3.38. The monoisotopic (exact) mass is 283 g/mol. The van der Waals surface area contributed by atoms with E-state index in [0.29, 0.717) is 31.2 Å². The van der Waals surface area contributed by atoms with Gasteiger partial charge in [0.25, 0.3) is 0 Å². The van der Waals surface area contributed by atoms with E-state index in [1.165, 1.54) is 0 Å². The number of carbonyl (C=O) groups is 2. The first-order chi connectivity index (χ1) is 9.61. The van der Waals surface area contributed by atoms with Crippen LogP contribution in [0.15, 0.2) is 0 Å². The number of rotatable bonds is 6. The lowest BCUT2D eigenvalue weighted by Crippen LogP contribution is -2.36. The molecule has 1 saturated heterocycles. The maximum atomic E-state index is 12.2. The van der Waals surface area contributed by atoms with Gasteiger partial charge >= 0.3 is 5.97 Å². The van der Waals surface area contributed by atoms with E-state index in [-0.39, 0.29) is 11.8 Å². The molecule has 2 N–H and O–H groups in total. The predicted octanol–water partition coefficient (Wildman–Crippen LogP) is 1.67. The Hall–Kier alpha value is -1.10. The van der Waals surface area contributed by atoms with Gasteiger partial charge in [0, 0.05) is 19.8 Å². The third kappa shape index (κ3) is 3.72. The molecule has 1 amide bonds. The lowest BCUT2D eigenvalue weighted by Gasteiger charge is -2.16. The second-order valence-electron chi connectivity index (χ2n) is 6.11. The first-order valence-corrected chi connectivity index (χ1v) is 7.70. The lowest BCUT2D eigenvalue weighted by atomic mass is 9.95. The largest absolute Gasteiger partial charge is 0.481 e. The fourth-order valence-electron chi connectivity index (χ4n) is 3.38. The summed E-state index contributed by atoms with van der Waals surface area (Å²) in [5, 5.41) is 12.2. The van der Waals surface area contributed by atoms with Crippen molar-refractivity contribution < 1.29 is 19.4 Å². The summed E-state index contributed by atoms with van der Waals surface area (Å²) in [4.78, 5) is 23.5. The van der Waals surface area contributed by atoms with Crippen LogP contribution in [0.3, 0.4) is 0 Å². The van der Waals surface area contributed by atoms with Crippen LogP contribution in [0.5, 0.6) is 0 Å². The van der Waals surface area contributed by atoms with Crippen molar-refractivity contribution in [3.63, 3.8) is 0 Å². The molecule has 20 heavy (non-hydrogen) atoms. The Balaban J connectivity index is 1.79. The van der Waals surface area contributed by atoms with Crippen LogP contribution < -0.4 is 5.32 Å². The molecule has 1 aliphatic carbocycles. The fraction of sp³-hybridized carbons (Fsp3) is 0.867. The van der Waals surface area contributed by atoms with Gasteiger partial charge in [0.2, 0.25) is 5.91 Å². The number of amides is 1. The molecule has 114 valence electrons. The number of carboxylic acid groups (broad SMARTS) is 1. The zero-order valence-electron chi connectivity index (χ0n) is 12.1. The molecule has 0 radical (unpaired) electrons. The Bertz CT molecular complexity index is 352. The number of hydrogen-bond donors (Lipinski definition) is 2. The number of carbonyl (C=O) groups excluding carboxylic acids is 1. The van der Waals surface area contributed by atoms with E-state index in [0.717, 1.165) is 32.5 Å². The molecule has 2 rings (SSSR count). The van der Waals surface area contributed by atoms with Crippen LogP contribution in [-0.4, -0.2) is 36.7 Å². The predicted molar refractivity (Wildman–Crippen MR) is 74.2 cm³/mol. The Morgan fingerprint density at radius 2 is 2.00 bits per heavy atom. The highest BCUT2D eigenvalue weighted by molar-refractivity contribution is 5.85. The molecule has 5 heteroatoms. The molecule has 1 saturated carbocycles. The summed E-state index contributed by atoms with van der Waals surface area (Å²) in [6, 6.07) is 0. The van der Waals surface area contributed by atoms with Gasteiger partial charge in [-0.25, -0.2) is 0 Å². The van der Waals surface area contributed by atoms with Crippen molar-refractivity contribution >= 4 is 11.9 Å². The molecule has 4 atom stereocenters. The Kier molecular flexibility index (Phi) is 5.40. The summed E-state index contributed by atoms with van der Waals surface area (Å²) in [6.45, 7) is 4.30. The number of hydrogen-bond acceptors (Lipinski definition) is 3. The van der Waals surface area contributed by atoms with Crippen LogP contribution in [0.2, 0.25) is 0 Å². The van der Waals surface area contributed by atoms with Crippen LogP contribution >= 0.6 is 0 Å². The minimum atomic E-state index is -0.828. The topological polar surface area (TPSA) is 75.6 Å². The van der Waals surface area contributed by atoms with E-state index in [4.69, 9.17) is 4.74 Å². The van der Waals surface area contributed by atoms with Gasteiger partial charge in [-0.2, -0.15) is 0 Å². The third-order valence-electron chi connectivity index (χ3n) is 4.77. The molecule has 2 fully saturated rings. The molecule has 5 nitrogen and oxygen atoms in total. The Labute approximate surface area is 120 Å². The lowest BCUT2D eigenvalue weighted by molar-refractivity contribution is -0.146. The normalized spacial score (nSPS) is 33.2. The van der Waals surface area contributed by atoms with E-state index in [1.54, 1.807) is 0 Å². The summed E-state index contributed by atoms with van der Waals surface area (Å²) in [5.41, 5.74) is 0. The molecule has 0 aromatic rings. The highest BCUT2D eigenvalue weighted by atomic mass is 16.5. The molecule has 0 spiro atoms. The van der Waals surface area contributed by atoms with Gasteiger partial charge in [-0.05, 0) is 37.5 Å². The van der Waals surface area contributed by atoms with Crippen LogP contribution in [0.1, 0.15) is 39.0 Å². The zero-order valence-corrected chi connectivity index (χ0v) is 12.1. The van der Waals surface area contributed by atoms with E-state index >= 15 is 0 Å². The standard InChI is InChI=1S/C15H25NO4/c1-2-10-7-12(13(8-10)15(18)19)14(17)16-5-3-11-4-6-20-9-11/h10-13H,2-9H2,1H3,(H,16,17)(H,18,19). The quantitative estimate of drug-likeness (QED) is 0.777. The maximum Gasteiger partial charge on any atom is 0.307 e. The van der Waals surface area contributed by atoms with Gasteiger partial charge in [0.15, 0.2) is 0 Å².